The molecule has 11 heavy (non-hydrogen) atoms. The number of alkyl halides is 2. The summed E-state index contributed by atoms with van der Waals surface area (Å²) in [6.07, 6.45) is 2.93. The Morgan fingerprint density at radius 1 is 1.55 bits per heavy atom. The van der Waals surface area contributed by atoms with Crippen LogP contribution in [0.15, 0.2) is 0 Å². The summed E-state index contributed by atoms with van der Waals surface area (Å²) < 4.78 is -0.158. The molecule has 2 unspecified atom stereocenters. The summed E-state index contributed by atoms with van der Waals surface area (Å²) in [6, 6.07) is 0. The third kappa shape index (κ3) is 5.21. The van der Waals surface area contributed by atoms with Gasteiger partial charge < -0.3 is 0 Å². The van der Waals surface area contributed by atoms with Crippen molar-refractivity contribution in [2.45, 2.75) is 42.3 Å². The maximum atomic E-state index is 10.7. The van der Waals surface area contributed by atoms with Crippen LogP contribution in [0.1, 0.15) is 33.1 Å². The number of rotatable bonds is 5. The van der Waals surface area contributed by atoms with Gasteiger partial charge >= 0.3 is 0 Å². The highest BCUT2D eigenvalue weighted by atomic mass is 79.9. The molecule has 2 atom stereocenters. The molecule has 0 spiro atoms. The molecule has 67 valence electrons. The fourth-order valence-electron chi connectivity index (χ4n) is 0.809. The lowest BCUT2D eigenvalue weighted by molar-refractivity contribution is 0.155. The van der Waals surface area contributed by atoms with Crippen LogP contribution in [-0.2, 0) is 5.11 Å². The molecule has 1 radical (unpaired) electrons. The molecular formula is C8H15Br2O. The molecule has 3 heteroatoms. The third-order valence-electron chi connectivity index (χ3n) is 1.88. The van der Waals surface area contributed by atoms with Crippen molar-refractivity contribution in [1.82, 2.24) is 0 Å². The Labute approximate surface area is 85.8 Å². The van der Waals surface area contributed by atoms with Crippen LogP contribution < -0.4 is 0 Å². The lowest BCUT2D eigenvalue weighted by atomic mass is 10.0. The van der Waals surface area contributed by atoms with Crippen molar-refractivity contribution in [2.75, 3.05) is 6.61 Å². The Bertz CT molecular complexity index is 100. The van der Waals surface area contributed by atoms with E-state index in [0.717, 1.165) is 19.3 Å². The van der Waals surface area contributed by atoms with Gasteiger partial charge in [0, 0.05) is 4.83 Å². The lowest BCUT2D eigenvalue weighted by Gasteiger charge is -2.22. The second kappa shape index (κ2) is 5.55. The Morgan fingerprint density at radius 2 is 2.09 bits per heavy atom. The molecule has 0 heterocycles. The minimum absolute atomic E-state index is 0.0246. The van der Waals surface area contributed by atoms with Crippen molar-refractivity contribution < 1.29 is 5.11 Å². The van der Waals surface area contributed by atoms with Gasteiger partial charge in [-0.3, -0.25) is 0 Å². The van der Waals surface area contributed by atoms with Crippen molar-refractivity contribution in [3.8, 4) is 0 Å². The fraction of sp³-hybridized carbons (Fsp3) is 1.00. The van der Waals surface area contributed by atoms with Crippen molar-refractivity contribution in [2.24, 2.45) is 0 Å². The topological polar surface area (TPSA) is 19.9 Å². The molecule has 0 aromatic heterocycles. The standard InChI is InChI=1S/C8H15Br2O/c1-3-8(10,6-11)5-4-7(2)9/h7H,3-6H2,1-2H3. The molecule has 0 aromatic rings. The van der Waals surface area contributed by atoms with E-state index in [2.05, 4.69) is 38.8 Å². The zero-order valence-electron chi connectivity index (χ0n) is 7.07. The van der Waals surface area contributed by atoms with Gasteiger partial charge in [-0.2, -0.15) is 0 Å². The van der Waals surface area contributed by atoms with Gasteiger partial charge in [-0.05, 0) is 19.3 Å². The number of halogens is 2. The smallest absolute Gasteiger partial charge is 0.0975 e. The van der Waals surface area contributed by atoms with Gasteiger partial charge in [-0.15, -0.1) is 0 Å². The summed E-state index contributed by atoms with van der Waals surface area (Å²) in [4.78, 5) is 0.512. The van der Waals surface area contributed by atoms with E-state index in [1.807, 2.05) is 6.92 Å². The molecule has 0 N–H and O–H groups in total. The van der Waals surface area contributed by atoms with E-state index in [-0.39, 0.29) is 10.9 Å². The normalized spacial score (nSPS) is 19.4. The Hall–Kier alpha value is 0.920. The first-order chi connectivity index (χ1) is 5.04. The average molecular weight is 287 g/mol. The highest BCUT2D eigenvalue weighted by Crippen LogP contribution is 2.29. The second-order valence-corrected chi connectivity index (χ2v) is 6.21. The summed E-state index contributed by atoms with van der Waals surface area (Å²) in [5.41, 5.74) is 0. The first kappa shape index (κ1) is 11.9. The van der Waals surface area contributed by atoms with Crippen LogP contribution in [-0.4, -0.2) is 15.8 Å². The summed E-state index contributed by atoms with van der Waals surface area (Å²) in [5.74, 6) is 0. The molecule has 0 fully saturated rings. The van der Waals surface area contributed by atoms with Crippen LogP contribution in [0, 0.1) is 0 Å². The highest BCUT2D eigenvalue weighted by molar-refractivity contribution is 9.10. The van der Waals surface area contributed by atoms with E-state index < -0.39 is 0 Å². The maximum absolute atomic E-state index is 10.7. The number of hydrogen-bond donors (Lipinski definition) is 0. The summed E-state index contributed by atoms with van der Waals surface area (Å²) in [5, 5.41) is 10.7. The zero-order valence-corrected chi connectivity index (χ0v) is 10.2. The van der Waals surface area contributed by atoms with Gasteiger partial charge in [0.1, 0.15) is 0 Å². The SMILES string of the molecule is CCC(Br)(C[O])CCC(C)Br. The lowest BCUT2D eigenvalue weighted by Crippen LogP contribution is -2.24. The van der Waals surface area contributed by atoms with E-state index in [1.165, 1.54) is 0 Å². The maximum Gasteiger partial charge on any atom is 0.0975 e. The van der Waals surface area contributed by atoms with Crippen molar-refractivity contribution in [3.63, 3.8) is 0 Å². The van der Waals surface area contributed by atoms with Gasteiger partial charge in [0.15, 0.2) is 0 Å². The van der Waals surface area contributed by atoms with Gasteiger partial charge in [-0.1, -0.05) is 45.7 Å². The van der Waals surface area contributed by atoms with E-state index >= 15 is 0 Å². The van der Waals surface area contributed by atoms with Gasteiger partial charge in [0.25, 0.3) is 0 Å². The molecule has 0 saturated carbocycles. The minimum Gasteiger partial charge on any atom is -0.235 e. The molecule has 0 aliphatic rings. The molecule has 0 rings (SSSR count). The average Bonchev–Trinajstić information content (AvgIpc) is 2.00. The van der Waals surface area contributed by atoms with Crippen LogP contribution in [0.2, 0.25) is 0 Å². The summed E-state index contributed by atoms with van der Waals surface area (Å²) >= 11 is 6.94. The monoisotopic (exact) mass is 285 g/mol. The predicted molar refractivity (Wildman–Crippen MR) is 55.1 cm³/mol. The van der Waals surface area contributed by atoms with E-state index in [0.29, 0.717) is 4.83 Å². The van der Waals surface area contributed by atoms with Gasteiger partial charge in [-0.25, -0.2) is 5.11 Å². The van der Waals surface area contributed by atoms with Crippen molar-refractivity contribution >= 4 is 31.9 Å². The zero-order chi connectivity index (χ0) is 8.91. The largest absolute Gasteiger partial charge is 0.235 e. The molecular weight excluding hydrogens is 272 g/mol. The van der Waals surface area contributed by atoms with Crippen LogP contribution in [0.25, 0.3) is 0 Å². The summed E-state index contributed by atoms with van der Waals surface area (Å²) in [7, 11) is 0. The number of hydrogen-bond acceptors (Lipinski definition) is 0. The Balaban J connectivity index is 3.69. The molecule has 0 aliphatic heterocycles. The van der Waals surface area contributed by atoms with Gasteiger partial charge in [0.2, 0.25) is 0 Å². The van der Waals surface area contributed by atoms with Crippen LogP contribution in [0.3, 0.4) is 0 Å². The van der Waals surface area contributed by atoms with Crippen LogP contribution >= 0.6 is 31.9 Å². The molecule has 0 aliphatic carbocycles. The Morgan fingerprint density at radius 3 is 2.36 bits per heavy atom. The predicted octanol–water partition coefficient (Wildman–Crippen LogP) is 3.52. The van der Waals surface area contributed by atoms with E-state index in [9.17, 15) is 5.11 Å². The van der Waals surface area contributed by atoms with E-state index in [4.69, 9.17) is 0 Å². The molecule has 0 aromatic carbocycles. The third-order valence-corrected chi connectivity index (χ3v) is 3.53. The minimum atomic E-state index is -0.158. The summed E-state index contributed by atoms with van der Waals surface area (Å²) in [6.45, 7) is 4.13. The second-order valence-electron chi connectivity index (χ2n) is 2.97. The van der Waals surface area contributed by atoms with Gasteiger partial charge in [0.05, 0.1) is 10.9 Å². The quantitative estimate of drug-likeness (QED) is 0.689. The van der Waals surface area contributed by atoms with Crippen molar-refractivity contribution in [1.29, 1.82) is 0 Å². The van der Waals surface area contributed by atoms with Crippen molar-refractivity contribution in [3.05, 3.63) is 0 Å². The molecule has 0 bridgehead atoms. The molecule has 0 saturated heterocycles. The molecule has 1 nitrogen and oxygen atoms in total. The van der Waals surface area contributed by atoms with Crippen LogP contribution in [0.5, 0.6) is 0 Å². The Kier molecular flexibility index (Phi) is 6.01. The first-order valence-corrected chi connectivity index (χ1v) is 5.66. The highest BCUT2D eigenvalue weighted by Gasteiger charge is 2.24. The first-order valence-electron chi connectivity index (χ1n) is 3.95. The fourth-order valence-corrected chi connectivity index (χ4v) is 1.27. The molecule has 0 amide bonds. The van der Waals surface area contributed by atoms with E-state index in [1.54, 1.807) is 0 Å². The van der Waals surface area contributed by atoms with Crippen LogP contribution in [0.4, 0.5) is 0 Å².